The Morgan fingerprint density at radius 2 is 1.37 bits per heavy atom. The van der Waals surface area contributed by atoms with Crippen molar-refractivity contribution in [3.05, 3.63) is 52.1 Å². The SMILES string of the molecule is CC.CC.CCCc1cc(C)c(-c2cc3c(cc2OC)CCCC3)cc1C. The van der Waals surface area contributed by atoms with Crippen LogP contribution in [0.15, 0.2) is 24.3 Å². The maximum atomic E-state index is 5.74. The van der Waals surface area contributed by atoms with Crippen LogP contribution in [0.3, 0.4) is 0 Å². The van der Waals surface area contributed by atoms with Crippen LogP contribution in [0.5, 0.6) is 5.75 Å². The zero-order chi connectivity index (χ0) is 20.4. The van der Waals surface area contributed by atoms with Gasteiger partial charge in [0.05, 0.1) is 7.11 Å². The summed E-state index contributed by atoms with van der Waals surface area (Å²) in [7, 11) is 1.79. The van der Waals surface area contributed by atoms with Crippen molar-refractivity contribution in [2.45, 2.75) is 87.0 Å². The fraction of sp³-hybridized carbons (Fsp3) is 0.538. The van der Waals surface area contributed by atoms with Gasteiger partial charge < -0.3 is 4.74 Å². The van der Waals surface area contributed by atoms with Crippen molar-refractivity contribution in [1.29, 1.82) is 0 Å². The van der Waals surface area contributed by atoms with Gasteiger partial charge in [0.25, 0.3) is 0 Å². The van der Waals surface area contributed by atoms with Crippen LogP contribution < -0.4 is 4.74 Å². The van der Waals surface area contributed by atoms with Gasteiger partial charge in [0, 0.05) is 5.56 Å². The van der Waals surface area contributed by atoms with Crippen LogP contribution in [0, 0.1) is 13.8 Å². The summed E-state index contributed by atoms with van der Waals surface area (Å²) in [6.07, 6.45) is 7.37. The van der Waals surface area contributed by atoms with Gasteiger partial charge in [0.15, 0.2) is 0 Å². The predicted molar refractivity (Wildman–Crippen MR) is 121 cm³/mol. The molecular weight excluding hydrogens is 328 g/mol. The quantitative estimate of drug-likeness (QED) is 0.533. The smallest absolute Gasteiger partial charge is 0.126 e. The number of methoxy groups -OCH3 is 1. The van der Waals surface area contributed by atoms with Crippen molar-refractivity contribution in [3.8, 4) is 16.9 Å². The van der Waals surface area contributed by atoms with Crippen molar-refractivity contribution in [2.75, 3.05) is 7.11 Å². The van der Waals surface area contributed by atoms with Crippen molar-refractivity contribution < 1.29 is 4.74 Å². The Hall–Kier alpha value is -1.76. The van der Waals surface area contributed by atoms with Gasteiger partial charge in [-0.2, -0.15) is 0 Å². The first-order chi connectivity index (χ1) is 13.1. The second-order valence-corrected chi connectivity index (χ2v) is 6.87. The van der Waals surface area contributed by atoms with Gasteiger partial charge in [-0.15, -0.1) is 0 Å². The van der Waals surface area contributed by atoms with Gasteiger partial charge in [-0.05, 0) is 91.5 Å². The fourth-order valence-corrected chi connectivity index (χ4v) is 3.85. The molecule has 0 saturated heterocycles. The minimum atomic E-state index is 1.02. The molecule has 0 aromatic heterocycles. The van der Waals surface area contributed by atoms with E-state index in [1.54, 1.807) is 7.11 Å². The number of aryl methyl sites for hydroxylation is 5. The molecule has 0 unspecified atom stereocenters. The summed E-state index contributed by atoms with van der Waals surface area (Å²) in [5.74, 6) is 1.02. The van der Waals surface area contributed by atoms with Crippen LogP contribution >= 0.6 is 0 Å². The first-order valence-electron chi connectivity index (χ1n) is 10.9. The Balaban J connectivity index is 0.000000855. The summed E-state index contributed by atoms with van der Waals surface area (Å²) in [5, 5.41) is 0. The van der Waals surface area contributed by atoms with Gasteiger partial charge in [0.1, 0.15) is 5.75 Å². The third kappa shape index (κ3) is 5.61. The van der Waals surface area contributed by atoms with Gasteiger partial charge in [-0.3, -0.25) is 0 Å². The number of hydrogen-bond acceptors (Lipinski definition) is 1. The highest BCUT2D eigenvalue weighted by molar-refractivity contribution is 5.76. The van der Waals surface area contributed by atoms with E-state index < -0.39 is 0 Å². The molecule has 0 amide bonds. The van der Waals surface area contributed by atoms with Crippen LogP contribution in [0.2, 0.25) is 0 Å². The monoisotopic (exact) mass is 368 g/mol. The van der Waals surface area contributed by atoms with E-state index in [4.69, 9.17) is 4.74 Å². The zero-order valence-corrected chi connectivity index (χ0v) is 19.0. The molecule has 27 heavy (non-hydrogen) atoms. The van der Waals surface area contributed by atoms with Crippen molar-refractivity contribution in [3.63, 3.8) is 0 Å². The summed E-state index contributed by atoms with van der Waals surface area (Å²) >= 11 is 0. The van der Waals surface area contributed by atoms with E-state index in [2.05, 4.69) is 45.0 Å². The molecule has 1 aliphatic rings. The van der Waals surface area contributed by atoms with E-state index >= 15 is 0 Å². The number of hydrogen-bond donors (Lipinski definition) is 0. The average molecular weight is 369 g/mol. The standard InChI is InChI=1S/C22H28O.2C2H6/c1-5-8-17-11-16(3)20(12-15(17)2)21-13-18-9-6-7-10-19(18)14-22(21)23-4;2*1-2/h11-14H,5-10H2,1-4H3;2*1-2H3. The Morgan fingerprint density at radius 3 is 1.93 bits per heavy atom. The topological polar surface area (TPSA) is 9.23 Å². The summed E-state index contributed by atoms with van der Waals surface area (Å²) in [6, 6.07) is 9.38. The van der Waals surface area contributed by atoms with E-state index in [0.29, 0.717) is 0 Å². The molecule has 0 N–H and O–H groups in total. The molecule has 1 nitrogen and oxygen atoms in total. The van der Waals surface area contributed by atoms with Gasteiger partial charge >= 0.3 is 0 Å². The lowest BCUT2D eigenvalue weighted by Gasteiger charge is -2.21. The Bertz CT molecular complexity index is 713. The van der Waals surface area contributed by atoms with E-state index in [1.165, 1.54) is 71.0 Å². The van der Waals surface area contributed by atoms with Crippen molar-refractivity contribution in [1.82, 2.24) is 0 Å². The van der Waals surface area contributed by atoms with Crippen LogP contribution in [0.1, 0.15) is 81.7 Å². The van der Waals surface area contributed by atoms with Crippen LogP contribution in [-0.2, 0) is 19.3 Å². The largest absolute Gasteiger partial charge is 0.496 e. The molecule has 150 valence electrons. The Kier molecular flexibility index (Phi) is 10.2. The molecule has 0 saturated carbocycles. The minimum Gasteiger partial charge on any atom is -0.496 e. The maximum Gasteiger partial charge on any atom is 0.126 e. The van der Waals surface area contributed by atoms with Crippen molar-refractivity contribution in [2.24, 2.45) is 0 Å². The molecule has 0 heterocycles. The van der Waals surface area contributed by atoms with E-state index in [9.17, 15) is 0 Å². The second kappa shape index (κ2) is 11.8. The minimum absolute atomic E-state index is 1.02. The molecule has 1 heteroatoms. The predicted octanol–water partition coefficient (Wildman–Crippen LogP) is 7.86. The van der Waals surface area contributed by atoms with Gasteiger partial charge in [-0.1, -0.05) is 53.2 Å². The second-order valence-electron chi connectivity index (χ2n) is 6.87. The third-order valence-corrected chi connectivity index (χ3v) is 5.16. The highest BCUT2D eigenvalue weighted by atomic mass is 16.5. The molecule has 0 atom stereocenters. The Labute approximate surface area is 168 Å². The molecule has 0 bridgehead atoms. The van der Waals surface area contributed by atoms with Crippen LogP contribution in [-0.4, -0.2) is 7.11 Å². The van der Waals surface area contributed by atoms with Crippen LogP contribution in [0.4, 0.5) is 0 Å². The first-order valence-corrected chi connectivity index (χ1v) is 10.9. The normalized spacial score (nSPS) is 12.1. The average Bonchev–Trinajstić information content (AvgIpc) is 2.72. The Morgan fingerprint density at radius 1 is 0.778 bits per heavy atom. The van der Waals surface area contributed by atoms with E-state index in [0.717, 1.165) is 12.2 Å². The number of ether oxygens (including phenoxy) is 1. The zero-order valence-electron chi connectivity index (χ0n) is 19.0. The lowest BCUT2D eigenvalue weighted by atomic mass is 9.86. The van der Waals surface area contributed by atoms with Gasteiger partial charge in [-0.25, -0.2) is 0 Å². The molecule has 0 spiro atoms. The molecule has 3 rings (SSSR count). The molecular formula is C26H40O. The molecule has 2 aromatic rings. The summed E-state index contributed by atoms with van der Waals surface area (Å²) in [6.45, 7) is 14.7. The van der Waals surface area contributed by atoms with E-state index in [-0.39, 0.29) is 0 Å². The lowest BCUT2D eigenvalue weighted by Crippen LogP contribution is -2.04. The summed E-state index contributed by atoms with van der Waals surface area (Å²) < 4.78 is 5.74. The van der Waals surface area contributed by atoms with Gasteiger partial charge in [0.2, 0.25) is 0 Å². The maximum absolute atomic E-state index is 5.74. The fourth-order valence-electron chi connectivity index (χ4n) is 3.85. The highest BCUT2D eigenvalue weighted by Crippen LogP contribution is 2.38. The number of fused-ring (bicyclic) bond motifs is 1. The molecule has 0 fully saturated rings. The lowest BCUT2D eigenvalue weighted by molar-refractivity contribution is 0.415. The highest BCUT2D eigenvalue weighted by Gasteiger charge is 2.17. The summed E-state index contributed by atoms with van der Waals surface area (Å²) in [4.78, 5) is 0. The summed E-state index contributed by atoms with van der Waals surface area (Å²) in [5.41, 5.74) is 9.81. The van der Waals surface area contributed by atoms with Crippen molar-refractivity contribution >= 4 is 0 Å². The molecule has 2 aromatic carbocycles. The molecule has 0 aliphatic heterocycles. The first kappa shape index (κ1) is 23.3. The third-order valence-electron chi connectivity index (χ3n) is 5.16. The van der Waals surface area contributed by atoms with Crippen LogP contribution in [0.25, 0.3) is 11.1 Å². The van der Waals surface area contributed by atoms with E-state index in [1.807, 2.05) is 27.7 Å². The number of rotatable bonds is 4. The number of benzene rings is 2. The molecule has 0 radical (unpaired) electrons. The molecule has 1 aliphatic carbocycles.